The largest absolute Gasteiger partial charge is 0.497 e. The van der Waals surface area contributed by atoms with Crippen LogP contribution in [-0.2, 0) is 13.1 Å². The van der Waals surface area contributed by atoms with E-state index in [0.717, 1.165) is 5.56 Å². The fourth-order valence-corrected chi connectivity index (χ4v) is 2.35. The number of rotatable bonds is 6. The summed E-state index contributed by atoms with van der Waals surface area (Å²) in [4.78, 5) is 12.4. The van der Waals surface area contributed by atoms with Crippen molar-refractivity contribution in [3.8, 4) is 22.8 Å². The van der Waals surface area contributed by atoms with Crippen molar-refractivity contribution in [3.63, 3.8) is 0 Å². The van der Waals surface area contributed by atoms with Crippen LogP contribution in [-0.4, -0.2) is 30.5 Å². The summed E-state index contributed by atoms with van der Waals surface area (Å²) >= 11 is 0. The minimum absolute atomic E-state index is 0.139. The summed E-state index contributed by atoms with van der Waals surface area (Å²) in [6.07, 6.45) is 0. The molecule has 1 aromatic carbocycles. The first-order valence-electron chi connectivity index (χ1n) is 6.92. The van der Waals surface area contributed by atoms with Crippen molar-refractivity contribution in [3.05, 3.63) is 46.2 Å². The van der Waals surface area contributed by atoms with Gasteiger partial charge >= 0.3 is 0 Å². The molecule has 22 heavy (non-hydrogen) atoms. The summed E-state index contributed by atoms with van der Waals surface area (Å²) < 4.78 is 12.1. The molecule has 118 valence electrons. The first-order valence-corrected chi connectivity index (χ1v) is 6.92. The smallest absolute Gasteiger partial charge is 0.255 e. The third-order valence-electron chi connectivity index (χ3n) is 3.48. The number of methoxy groups -OCH3 is 2. The Morgan fingerprint density at radius 1 is 1.18 bits per heavy atom. The van der Waals surface area contributed by atoms with Crippen LogP contribution in [0.3, 0.4) is 0 Å². The third-order valence-corrected chi connectivity index (χ3v) is 3.48. The number of hydrogen-bond acceptors (Lipinski definition) is 5. The van der Waals surface area contributed by atoms with E-state index in [1.165, 1.54) is 4.57 Å². The first kappa shape index (κ1) is 16.1. The van der Waals surface area contributed by atoms with Crippen LogP contribution in [0.2, 0.25) is 0 Å². The SMILES string of the molecule is COc1ccc(-c2ccc(CN)c(=O)n2CCO)c(OC)c1. The molecule has 2 rings (SSSR count). The van der Waals surface area contributed by atoms with Crippen molar-refractivity contribution in [1.29, 1.82) is 0 Å². The van der Waals surface area contributed by atoms with Crippen LogP contribution in [0.15, 0.2) is 35.1 Å². The molecule has 1 heterocycles. The molecule has 0 aliphatic carbocycles. The van der Waals surface area contributed by atoms with Crippen molar-refractivity contribution in [2.45, 2.75) is 13.1 Å². The minimum Gasteiger partial charge on any atom is -0.497 e. The Hall–Kier alpha value is -2.31. The topological polar surface area (TPSA) is 86.7 Å². The molecule has 0 bridgehead atoms. The fraction of sp³-hybridized carbons (Fsp3) is 0.312. The molecule has 0 radical (unpaired) electrons. The summed E-state index contributed by atoms with van der Waals surface area (Å²) in [6.45, 7) is 0.209. The predicted octanol–water partition coefficient (Wildman–Crippen LogP) is 0.984. The molecule has 6 nitrogen and oxygen atoms in total. The van der Waals surface area contributed by atoms with Gasteiger partial charge in [-0.1, -0.05) is 6.07 Å². The number of nitrogens with zero attached hydrogens (tertiary/aromatic N) is 1. The van der Waals surface area contributed by atoms with Gasteiger partial charge in [0.25, 0.3) is 5.56 Å². The second kappa shape index (κ2) is 7.11. The molecule has 0 fully saturated rings. The monoisotopic (exact) mass is 304 g/mol. The fourth-order valence-electron chi connectivity index (χ4n) is 2.35. The number of benzene rings is 1. The van der Waals surface area contributed by atoms with Gasteiger partial charge < -0.3 is 24.9 Å². The number of aliphatic hydroxyl groups is 1. The molecular weight excluding hydrogens is 284 g/mol. The number of nitrogens with two attached hydrogens (primary N) is 1. The molecule has 0 saturated heterocycles. The van der Waals surface area contributed by atoms with Crippen molar-refractivity contribution in [2.75, 3.05) is 20.8 Å². The van der Waals surface area contributed by atoms with Gasteiger partial charge in [-0.05, 0) is 18.2 Å². The van der Waals surface area contributed by atoms with E-state index in [-0.39, 0.29) is 25.3 Å². The van der Waals surface area contributed by atoms with Crippen molar-refractivity contribution < 1.29 is 14.6 Å². The Labute approximate surface area is 128 Å². The summed E-state index contributed by atoms with van der Waals surface area (Å²) in [6, 6.07) is 8.88. The molecule has 0 saturated carbocycles. The maximum absolute atomic E-state index is 12.4. The van der Waals surface area contributed by atoms with E-state index in [9.17, 15) is 9.90 Å². The van der Waals surface area contributed by atoms with Gasteiger partial charge in [0.15, 0.2) is 0 Å². The molecule has 2 aromatic rings. The molecule has 0 aliphatic heterocycles. The number of hydrogen-bond donors (Lipinski definition) is 2. The molecule has 0 unspecified atom stereocenters. The third kappa shape index (κ3) is 2.98. The summed E-state index contributed by atoms with van der Waals surface area (Å²) in [5.74, 6) is 1.25. The zero-order valence-electron chi connectivity index (χ0n) is 12.7. The highest BCUT2D eigenvalue weighted by molar-refractivity contribution is 5.69. The molecule has 6 heteroatoms. The lowest BCUT2D eigenvalue weighted by Crippen LogP contribution is -2.27. The van der Waals surface area contributed by atoms with Crippen molar-refractivity contribution in [2.24, 2.45) is 5.73 Å². The molecule has 0 spiro atoms. The standard InChI is InChI=1S/C16H20N2O4/c1-21-12-4-5-13(15(9-12)22-2)14-6-3-11(10-17)16(20)18(14)7-8-19/h3-6,9,19H,7-8,10,17H2,1-2H3. The highest BCUT2D eigenvalue weighted by Crippen LogP contribution is 2.32. The zero-order chi connectivity index (χ0) is 16.1. The van der Waals surface area contributed by atoms with E-state index in [1.54, 1.807) is 32.4 Å². The van der Waals surface area contributed by atoms with Gasteiger partial charge in [-0.3, -0.25) is 4.79 Å². The van der Waals surface area contributed by atoms with E-state index < -0.39 is 0 Å². The molecular formula is C16H20N2O4. The van der Waals surface area contributed by atoms with E-state index >= 15 is 0 Å². The highest BCUT2D eigenvalue weighted by atomic mass is 16.5. The van der Waals surface area contributed by atoms with Crippen LogP contribution in [0.25, 0.3) is 11.3 Å². The molecule has 0 aliphatic rings. The maximum Gasteiger partial charge on any atom is 0.255 e. The van der Waals surface area contributed by atoms with Gasteiger partial charge in [0.05, 0.1) is 26.5 Å². The van der Waals surface area contributed by atoms with E-state index in [1.807, 2.05) is 12.1 Å². The quantitative estimate of drug-likeness (QED) is 0.831. The van der Waals surface area contributed by atoms with Crippen LogP contribution in [0.4, 0.5) is 0 Å². The second-order valence-electron chi connectivity index (χ2n) is 4.69. The summed E-state index contributed by atoms with van der Waals surface area (Å²) in [5, 5.41) is 9.25. The van der Waals surface area contributed by atoms with E-state index in [0.29, 0.717) is 22.8 Å². The Kier molecular flexibility index (Phi) is 5.19. The highest BCUT2D eigenvalue weighted by Gasteiger charge is 2.14. The lowest BCUT2D eigenvalue weighted by atomic mass is 10.1. The van der Waals surface area contributed by atoms with Gasteiger partial charge in [0.2, 0.25) is 0 Å². The van der Waals surface area contributed by atoms with Crippen LogP contribution < -0.4 is 20.8 Å². The lowest BCUT2D eigenvalue weighted by molar-refractivity contribution is 0.274. The molecule has 0 amide bonds. The lowest BCUT2D eigenvalue weighted by Gasteiger charge is -2.16. The first-order chi connectivity index (χ1) is 10.7. The number of ether oxygens (including phenoxy) is 2. The Balaban J connectivity index is 2.66. The zero-order valence-corrected chi connectivity index (χ0v) is 12.7. The van der Waals surface area contributed by atoms with Gasteiger partial charge in [0.1, 0.15) is 11.5 Å². The number of pyridine rings is 1. The van der Waals surface area contributed by atoms with Crippen molar-refractivity contribution in [1.82, 2.24) is 4.57 Å². The van der Waals surface area contributed by atoms with Gasteiger partial charge in [-0.2, -0.15) is 0 Å². The molecule has 3 N–H and O–H groups in total. The summed E-state index contributed by atoms with van der Waals surface area (Å²) in [7, 11) is 3.13. The van der Waals surface area contributed by atoms with Crippen LogP contribution in [0.5, 0.6) is 11.5 Å². The van der Waals surface area contributed by atoms with Gasteiger partial charge in [0, 0.05) is 30.3 Å². The minimum atomic E-state index is -0.202. The van der Waals surface area contributed by atoms with Gasteiger partial charge in [-0.25, -0.2) is 0 Å². The normalized spacial score (nSPS) is 10.5. The maximum atomic E-state index is 12.4. The van der Waals surface area contributed by atoms with E-state index in [2.05, 4.69) is 0 Å². The Morgan fingerprint density at radius 2 is 1.95 bits per heavy atom. The van der Waals surface area contributed by atoms with E-state index in [4.69, 9.17) is 15.2 Å². The Bertz CT molecular complexity index is 710. The molecule has 0 atom stereocenters. The second-order valence-corrected chi connectivity index (χ2v) is 4.69. The average molecular weight is 304 g/mol. The number of aromatic nitrogens is 1. The van der Waals surface area contributed by atoms with Crippen LogP contribution >= 0.6 is 0 Å². The molecule has 1 aromatic heterocycles. The Morgan fingerprint density at radius 3 is 2.55 bits per heavy atom. The predicted molar refractivity (Wildman–Crippen MR) is 84.2 cm³/mol. The van der Waals surface area contributed by atoms with Crippen LogP contribution in [0.1, 0.15) is 5.56 Å². The van der Waals surface area contributed by atoms with Crippen molar-refractivity contribution >= 4 is 0 Å². The van der Waals surface area contributed by atoms with Gasteiger partial charge in [-0.15, -0.1) is 0 Å². The number of aliphatic hydroxyl groups excluding tert-OH is 1. The summed E-state index contributed by atoms with van der Waals surface area (Å²) in [5.41, 5.74) is 7.29. The average Bonchev–Trinajstić information content (AvgIpc) is 2.56. The van der Waals surface area contributed by atoms with Crippen LogP contribution in [0, 0.1) is 0 Å².